The molecule has 2 aliphatic heterocycles. The maximum absolute atomic E-state index is 12.5. The van der Waals surface area contributed by atoms with E-state index >= 15 is 0 Å². The lowest BCUT2D eigenvalue weighted by Gasteiger charge is -2.23. The first-order valence-electron chi connectivity index (χ1n) is 7.63. The number of nitrogens with zero attached hydrogens (tertiary/aromatic N) is 1. The van der Waals surface area contributed by atoms with Crippen molar-refractivity contribution in [2.75, 3.05) is 33.4 Å². The molecule has 3 rings (SSSR count). The molecule has 9 nitrogen and oxygen atoms in total. The molecule has 0 bridgehead atoms. The minimum Gasteiger partial charge on any atom is -0.467 e. The number of hydrogen-bond donors (Lipinski definition) is 1. The number of esters is 1. The number of halogens is 1. The van der Waals surface area contributed by atoms with E-state index in [2.05, 4.69) is 21.2 Å². The smallest absolute Gasteiger partial charge is 0.328 e. The Morgan fingerprint density at radius 3 is 2.68 bits per heavy atom. The van der Waals surface area contributed by atoms with Gasteiger partial charge in [-0.05, 0) is 28.1 Å². The molecule has 1 aromatic heterocycles. The van der Waals surface area contributed by atoms with Gasteiger partial charge in [-0.15, -0.1) is 0 Å². The van der Waals surface area contributed by atoms with Crippen molar-refractivity contribution in [3.8, 4) is 0 Å². The van der Waals surface area contributed by atoms with Gasteiger partial charge in [-0.3, -0.25) is 9.59 Å². The first-order chi connectivity index (χ1) is 11.9. The van der Waals surface area contributed by atoms with E-state index in [1.807, 2.05) is 0 Å². The van der Waals surface area contributed by atoms with Crippen LogP contribution in [0.2, 0.25) is 0 Å². The third-order valence-corrected chi connectivity index (χ3v) is 4.52. The number of rotatable bonds is 4. The van der Waals surface area contributed by atoms with Crippen LogP contribution in [0.3, 0.4) is 0 Å². The van der Waals surface area contributed by atoms with Crippen molar-refractivity contribution in [3.63, 3.8) is 0 Å². The summed E-state index contributed by atoms with van der Waals surface area (Å²) in [6.45, 7) is 0.620. The van der Waals surface area contributed by atoms with Crippen molar-refractivity contribution in [1.82, 2.24) is 10.2 Å². The Hall–Kier alpha value is -1.91. The molecule has 1 N–H and O–H groups in total. The van der Waals surface area contributed by atoms with Crippen LogP contribution in [-0.4, -0.2) is 67.9 Å². The van der Waals surface area contributed by atoms with E-state index < -0.39 is 29.6 Å². The van der Waals surface area contributed by atoms with Gasteiger partial charge in [0.1, 0.15) is 6.04 Å². The largest absolute Gasteiger partial charge is 0.467 e. The SMILES string of the molecule is COC(=O)[C@@H]1CC2(CN1C(=O)CNC(=O)c1ccc(Br)o1)OCCO2. The molecule has 0 aliphatic carbocycles. The van der Waals surface area contributed by atoms with Crippen LogP contribution in [0, 0.1) is 0 Å². The van der Waals surface area contributed by atoms with E-state index in [4.69, 9.17) is 18.6 Å². The van der Waals surface area contributed by atoms with Crippen molar-refractivity contribution in [3.05, 3.63) is 22.6 Å². The van der Waals surface area contributed by atoms with Crippen molar-refractivity contribution in [1.29, 1.82) is 0 Å². The Labute approximate surface area is 151 Å². The predicted molar refractivity (Wildman–Crippen MR) is 85.5 cm³/mol. The number of likely N-dealkylation sites (tertiary alicyclic amines) is 1. The normalized spacial score (nSPS) is 21.5. The number of carbonyl (C=O) groups excluding carboxylic acids is 3. The lowest BCUT2D eigenvalue weighted by atomic mass is 10.1. The molecule has 10 heteroatoms. The summed E-state index contributed by atoms with van der Waals surface area (Å²) in [7, 11) is 1.25. The highest BCUT2D eigenvalue weighted by Gasteiger charge is 2.52. The van der Waals surface area contributed by atoms with Crippen LogP contribution in [0.25, 0.3) is 0 Å². The van der Waals surface area contributed by atoms with Gasteiger partial charge in [0.2, 0.25) is 5.91 Å². The van der Waals surface area contributed by atoms with E-state index in [1.165, 1.54) is 18.1 Å². The molecule has 0 aromatic carbocycles. The van der Waals surface area contributed by atoms with Gasteiger partial charge in [-0.1, -0.05) is 0 Å². The first-order valence-corrected chi connectivity index (χ1v) is 8.42. The Morgan fingerprint density at radius 2 is 2.08 bits per heavy atom. The van der Waals surface area contributed by atoms with Crippen LogP contribution >= 0.6 is 15.9 Å². The lowest BCUT2D eigenvalue weighted by molar-refractivity contribution is -0.152. The van der Waals surface area contributed by atoms with Crippen LogP contribution < -0.4 is 5.32 Å². The van der Waals surface area contributed by atoms with Crippen molar-refractivity contribution < 1.29 is 33.0 Å². The second-order valence-electron chi connectivity index (χ2n) is 5.66. The summed E-state index contributed by atoms with van der Waals surface area (Å²) in [4.78, 5) is 37.8. The van der Waals surface area contributed by atoms with E-state index in [-0.39, 0.29) is 25.3 Å². The third kappa shape index (κ3) is 3.70. The minimum absolute atomic E-state index is 0.0737. The summed E-state index contributed by atoms with van der Waals surface area (Å²) in [5.74, 6) is -2.43. The Kier molecular flexibility index (Phi) is 5.11. The van der Waals surface area contributed by atoms with Gasteiger partial charge in [0.25, 0.3) is 5.91 Å². The lowest BCUT2D eigenvalue weighted by Crippen LogP contribution is -2.46. The van der Waals surface area contributed by atoms with E-state index in [0.717, 1.165) is 0 Å². The highest BCUT2D eigenvalue weighted by Crippen LogP contribution is 2.35. The molecule has 25 heavy (non-hydrogen) atoms. The third-order valence-electron chi connectivity index (χ3n) is 4.10. The molecule has 2 saturated heterocycles. The molecule has 0 radical (unpaired) electrons. The number of hydrogen-bond acceptors (Lipinski definition) is 7. The van der Waals surface area contributed by atoms with Crippen LogP contribution in [-0.2, 0) is 23.8 Å². The zero-order valence-corrected chi connectivity index (χ0v) is 15.0. The standard InChI is InChI=1S/C15H17BrN2O7/c1-22-14(21)9-6-15(23-4-5-24-15)8-18(9)12(19)7-17-13(20)10-2-3-11(16)25-10/h2-3,9H,4-8H2,1H3,(H,17,20)/t9-/m0/s1. The maximum Gasteiger partial charge on any atom is 0.328 e. The van der Waals surface area contributed by atoms with Gasteiger partial charge >= 0.3 is 5.97 Å². The molecule has 1 atom stereocenters. The predicted octanol–water partition coefficient (Wildman–Crippen LogP) is 0.289. The zero-order chi connectivity index (χ0) is 18.0. The first kappa shape index (κ1) is 17.9. The van der Waals surface area contributed by atoms with Gasteiger partial charge < -0.3 is 28.8 Å². The number of carbonyl (C=O) groups is 3. The number of ether oxygens (including phenoxy) is 3. The molecule has 136 valence electrons. The van der Waals surface area contributed by atoms with Gasteiger partial charge in [0, 0.05) is 6.42 Å². The Balaban J connectivity index is 1.64. The van der Waals surface area contributed by atoms with Crippen LogP contribution in [0.1, 0.15) is 17.0 Å². The van der Waals surface area contributed by atoms with Gasteiger partial charge in [-0.25, -0.2) is 4.79 Å². The molecule has 1 aromatic rings. The molecule has 2 amide bonds. The summed E-state index contributed by atoms with van der Waals surface area (Å²) < 4.78 is 21.4. The Morgan fingerprint density at radius 1 is 1.36 bits per heavy atom. The number of furan rings is 1. The average Bonchev–Trinajstić information content (AvgIpc) is 3.33. The number of nitrogens with one attached hydrogen (secondary N) is 1. The fraction of sp³-hybridized carbons (Fsp3) is 0.533. The van der Waals surface area contributed by atoms with Gasteiger partial charge in [0.05, 0.1) is 33.4 Å². The van der Waals surface area contributed by atoms with Crippen LogP contribution in [0.4, 0.5) is 0 Å². The monoisotopic (exact) mass is 416 g/mol. The summed E-state index contributed by atoms with van der Waals surface area (Å²) in [5.41, 5.74) is 0. The molecule has 2 fully saturated rings. The van der Waals surface area contributed by atoms with Crippen molar-refractivity contribution in [2.24, 2.45) is 0 Å². The highest BCUT2D eigenvalue weighted by atomic mass is 79.9. The van der Waals surface area contributed by atoms with Crippen molar-refractivity contribution in [2.45, 2.75) is 18.2 Å². The summed E-state index contributed by atoms with van der Waals surface area (Å²) in [6, 6.07) is 2.24. The molecule has 0 unspecified atom stereocenters. The minimum atomic E-state index is -0.982. The topological polar surface area (TPSA) is 107 Å². The number of methoxy groups -OCH3 is 1. The zero-order valence-electron chi connectivity index (χ0n) is 13.5. The summed E-state index contributed by atoms with van der Waals surface area (Å²) >= 11 is 3.10. The van der Waals surface area contributed by atoms with Crippen molar-refractivity contribution >= 4 is 33.7 Å². The van der Waals surface area contributed by atoms with Gasteiger partial charge in [-0.2, -0.15) is 0 Å². The van der Waals surface area contributed by atoms with E-state index in [1.54, 1.807) is 6.07 Å². The summed E-state index contributed by atoms with van der Waals surface area (Å²) in [6.07, 6.45) is 0.199. The van der Waals surface area contributed by atoms with Crippen LogP contribution in [0.5, 0.6) is 0 Å². The highest BCUT2D eigenvalue weighted by molar-refractivity contribution is 9.10. The fourth-order valence-electron chi connectivity index (χ4n) is 2.93. The Bertz CT molecular complexity index is 683. The second-order valence-corrected chi connectivity index (χ2v) is 6.44. The summed E-state index contributed by atoms with van der Waals surface area (Å²) in [5, 5.41) is 2.47. The molecule has 1 spiro atoms. The van der Waals surface area contributed by atoms with Gasteiger partial charge in [0.15, 0.2) is 16.2 Å². The molecule has 2 aliphatic rings. The fourth-order valence-corrected chi connectivity index (χ4v) is 3.24. The maximum atomic E-state index is 12.5. The molecular formula is C15H17BrN2O7. The number of amides is 2. The quantitative estimate of drug-likeness (QED) is 0.702. The van der Waals surface area contributed by atoms with Crippen LogP contribution in [0.15, 0.2) is 21.2 Å². The molecule has 3 heterocycles. The van der Waals surface area contributed by atoms with E-state index in [9.17, 15) is 14.4 Å². The molecule has 0 saturated carbocycles. The average molecular weight is 417 g/mol. The van der Waals surface area contributed by atoms with E-state index in [0.29, 0.717) is 17.9 Å². The second kappa shape index (κ2) is 7.14. The molecular weight excluding hydrogens is 400 g/mol.